The quantitative estimate of drug-likeness (QED) is 0.827. The van der Waals surface area contributed by atoms with E-state index in [1.807, 2.05) is 6.07 Å². The van der Waals surface area contributed by atoms with Crippen molar-refractivity contribution in [2.24, 2.45) is 0 Å². The topological polar surface area (TPSA) is 66.9 Å². The van der Waals surface area contributed by atoms with E-state index in [0.717, 1.165) is 34.9 Å². The number of carbonyl (C=O) groups excluding carboxylic acids is 1. The summed E-state index contributed by atoms with van der Waals surface area (Å²) in [5.41, 5.74) is 2.41. The molecule has 1 aromatic heterocycles. The first-order valence-corrected chi connectivity index (χ1v) is 6.68. The lowest BCUT2D eigenvalue weighted by Crippen LogP contribution is -2.18. The van der Waals surface area contributed by atoms with Gasteiger partial charge in [-0.25, -0.2) is 0 Å². The highest BCUT2D eigenvalue weighted by atomic mass is 35.5. The maximum Gasteiger partial charge on any atom is 0.219 e. The fourth-order valence-corrected chi connectivity index (χ4v) is 2.34. The van der Waals surface area contributed by atoms with Crippen molar-refractivity contribution in [1.82, 2.24) is 14.1 Å². The van der Waals surface area contributed by atoms with Crippen LogP contribution in [0.15, 0.2) is 12.1 Å². The second kappa shape index (κ2) is 5.97. The lowest BCUT2D eigenvalue weighted by atomic mass is 10.2. The molecule has 18 heavy (non-hydrogen) atoms. The Balaban J connectivity index is 2.00. The molecule has 2 rings (SSSR count). The van der Waals surface area contributed by atoms with Gasteiger partial charge in [-0.05, 0) is 18.6 Å². The molecule has 1 aromatic carbocycles. The van der Waals surface area contributed by atoms with Gasteiger partial charge >= 0.3 is 0 Å². The van der Waals surface area contributed by atoms with Crippen LogP contribution in [0.2, 0.25) is 5.02 Å². The lowest BCUT2D eigenvalue weighted by Gasteiger charge is -2.08. The van der Waals surface area contributed by atoms with Crippen LogP contribution in [0.1, 0.15) is 12.8 Å². The van der Waals surface area contributed by atoms with E-state index in [2.05, 4.69) is 19.4 Å². The number of rotatable bonds is 5. The number of hydrogen-bond acceptors (Lipinski definition) is 5. The summed E-state index contributed by atoms with van der Waals surface area (Å²) >= 11 is 7.28. The van der Waals surface area contributed by atoms with Gasteiger partial charge in [-0.1, -0.05) is 11.6 Å². The molecular formula is C11H13ClN4OS. The Morgan fingerprint density at radius 2 is 2.28 bits per heavy atom. The molecule has 0 atom stereocenters. The zero-order valence-electron chi connectivity index (χ0n) is 9.86. The highest BCUT2D eigenvalue weighted by molar-refractivity contribution is 7.00. The van der Waals surface area contributed by atoms with Gasteiger partial charge in [0.2, 0.25) is 5.91 Å². The standard InChI is InChI=1S/C11H13ClN4OS/c1-13-9(17)3-2-6-14-10-7(12)4-5-8-11(10)16-18-15-8/h4-5,14H,2-3,6H2,1H3,(H,13,17). The molecule has 96 valence electrons. The minimum Gasteiger partial charge on any atom is -0.382 e. The maximum atomic E-state index is 11.1. The highest BCUT2D eigenvalue weighted by Crippen LogP contribution is 2.29. The van der Waals surface area contributed by atoms with E-state index >= 15 is 0 Å². The minimum atomic E-state index is 0.0384. The summed E-state index contributed by atoms with van der Waals surface area (Å²) in [5, 5.41) is 6.42. The van der Waals surface area contributed by atoms with E-state index in [1.165, 1.54) is 0 Å². The number of halogens is 1. The Morgan fingerprint density at radius 1 is 1.44 bits per heavy atom. The van der Waals surface area contributed by atoms with Crippen molar-refractivity contribution >= 4 is 46.0 Å². The molecule has 0 bridgehead atoms. The Hall–Kier alpha value is -1.40. The number of benzene rings is 1. The van der Waals surface area contributed by atoms with Gasteiger partial charge in [0, 0.05) is 20.0 Å². The zero-order valence-corrected chi connectivity index (χ0v) is 11.4. The van der Waals surface area contributed by atoms with Crippen LogP contribution in [0.25, 0.3) is 11.0 Å². The predicted molar refractivity (Wildman–Crippen MR) is 74.2 cm³/mol. The normalized spacial score (nSPS) is 10.6. The second-order valence-electron chi connectivity index (χ2n) is 3.76. The molecule has 2 N–H and O–H groups in total. The summed E-state index contributed by atoms with van der Waals surface area (Å²) in [7, 11) is 1.63. The largest absolute Gasteiger partial charge is 0.382 e. The molecule has 2 aromatic rings. The van der Waals surface area contributed by atoms with Gasteiger partial charge in [0.1, 0.15) is 11.0 Å². The average Bonchev–Trinajstić information content (AvgIpc) is 2.84. The van der Waals surface area contributed by atoms with Gasteiger partial charge in [-0.15, -0.1) is 0 Å². The third kappa shape index (κ3) is 2.88. The molecule has 7 heteroatoms. The van der Waals surface area contributed by atoms with E-state index in [9.17, 15) is 4.79 Å². The Labute approximate surface area is 114 Å². The van der Waals surface area contributed by atoms with Gasteiger partial charge in [0.25, 0.3) is 0 Å². The van der Waals surface area contributed by atoms with Gasteiger partial charge in [0.05, 0.1) is 22.4 Å². The first-order chi connectivity index (χ1) is 8.72. The molecule has 0 fully saturated rings. The van der Waals surface area contributed by atoms with Crippen LogP contribution in [-0.4, -0.2) is 28.2 Å². The monoisotopic (exact) mass is 284 g/mol. The summed E-state index contributed by atoms with van der Waals surface area (Å²) in [6.45, 7) is 0.670. The van der Waals surface area contributed by atoms with Gasteiger partial charge < -0.3 is 10.6 Å². The van der Waals surface area contributed by atoms with Crippen LogP contribution in [0.5, 0.6) is 0 Å². The fourth-order valence-electron chi connectivity index (χ4n) is 1.58. The van der Waals surface area contributed by atoms with Crippen molar-refractivity contribution < 1.29 is 4.79 Å². The SMILES string of the molecule is CNC(=O)CCCNc1c(Cl)ccc2nsnc12. The number of aromatic nitrogens is 2. The van der Waals surface area contributed by atoms with Crippen molar-refractivity contribution in [3.63, 3.8) is 0 Å². The Kier molecular flexibility index (Phi) is 4.33. The summed E-state index contributed by atoms with van der Waals surface area (Å²) in [6, 6.07) is 3.64. The summed E-state index contributed by atoms with van der Waals surface area (Å²) < 4.78 is 8.37. The summed E-state index contributed by atoms with van der Waals surface area (Å²) in [6.07, 6.45) is 1.23. The maximum absolute atomic E-state index is 11.1. The molecule has 0 saturated carbocycles. The molecule has 5 nitrogen and oxygen atoms in total. The predicted octanol–water partition coefficient (Wildman–Crippen LogP) is 2.28. The number of fused-ring (bicyclic) bond motifs is 1. The fraction of sp³-hybridized carbons (Fsp3) is 0.364. The van der Waals surface area contributed by atoms with Crippen molar-refractivity contribution in [3.05, 3.63) is 17.2 Å². The van der Waals surface area contributed by atoms with E-state index in [-0.39, 0.29) is 5.91 Å². The van der Waals surface area contributed by atoms with Crippen LogP contribution in [0, 0.1) is 0 Å². The molecule has 0 aliphatic carbocycles. The highest BCUT2D eigenvalue weighted by Gasteiger charge is 2.09. The first kappa shape index (κ1) is 13.0. The van der Waals surface area contributed by atoms with Crippen LogP contribution in [-0.2, 0) is 4.79 Å². The molecule has 0 saturated heterocycles. The van der Waals surface area contributed by atoms with Crippen LogP contribution >= 0.6 is 23.3 Å². The second-order valence-corrected chi connectivity index (χ2v) is 4.69. The number of amides is 1. The molecule has 0 radical (unpaired) electrons. The van der Waals surface area contributed by atoms with Gasteiger partial charge in [-0.2, -0.15) is 8.75 Å². The van der Waals surface area contributed by atoms with E-state index < -0.39 is 0 Å². The van der Waals surface area contributed by atoms with Crippen molar-refractivity contribution in [1.29, 1.82) is 0 Å². The number of anilines is 1. The number of nitrogens with zero attached hydrogens (tertiary/aromatic N) is 2. The van der Waals surface area contributed by atoms with Crippen molar-refractivity contribution in [2.45, 2.75) is 12.8 Å². The summed E-state index contributed by atoms with van der Waals surface area (Å²) in [4.78, 5) is 11.1. The molecule has 0 aliphatic rings. The van der Waals surface area contributed by atoms with E-state index in [1.54, 1.807) is 13.1 Å². The lowest BCUT2D eigenvalue weighted by molar-refractivity contribution is -0.120. The average molecular weight is 285 g/mol. The smallest absolute Gasteiger partial charge is 0.219 e. The molecule has 1 amide bonds. The molecular weight excluding hydrogens is 272 g/mol. The van der Waals surface area contributed by atoms with Crippen LogP contribution in [0.3, 0.4) is 0 Å². The molecule has 0 unspecified atom stereocenters. The van der Waals surface area contributed by atoms with Crippen LogP contribution < -0.4 is 10.6 Å². The third-order valence-electron chi connectivity index (χ3n) is 2.54. The third-order valence-corrected chi connectivity index (χ3v) is 3.40. The zero-order chi connectivity index (χ0) is 13.0. The van der Waals surface area contributed by atoms with Crippen molar-refractivity contribution in [3.8, 4) is 0 Å². The summed E-state index contributed by atoms with van der Waals surface area (Å²) in [5.74, 6) is 0.0384. The number of hydrogen-bond donors (Lipinski definition) is 2. The molecule has 0 aliphatic heterocycles. The van der Waals surface area contributed by atoms with E-state index in [4.69, 9.17) is 11.6 Å². The van der Waals surface area contributed by atoms with E-state index in [0.29, 0.717) is 18.0 Å². The Morgan fingerprint density at radius 3 is 3.06 bits per heavy atom. The molecule has 0 spiro atoms. The number of carbonyl (C=O) groups is 1. The van der Waals surface area contributed by atoms with Crippen molar-refractivity contribution in [2.75, 3.05) is 18.9 Å². The van der Waals surface area contributed by atoms with Gasteiger partial charge in [-0.3, -0.25) is 4.79 Å². The van der Waals surface area contributed by atoms with Gasteiger partial charge in [0.15, 0.2) is 0 Å². The molecule has 1 heterocycles. The number of nitrogens with one attached hydrogen (secondary N) is 2. The Bertz CT molecular complexity index is 557. The minimum absolute atomic E-state index is 0.0384. The van der Waals surface area contributed by atoms with Crippen LogP contribution in [0.4, 0.5) is 5.69 Å². The first-order valence-electron chi connectivity index (χ1n) is 5.57.